The number of sulfonamides is 1. The van der Waals surface area contributed by atoms with Crippen LogP contribution in [0.2, 0.25) is 0 Å². The van der Waals surface area contributed by atoms with Gasteiger partial charge in [0.2, 0.25) is 10.0 Å². The fraction of sp³-hybridized carbons (Fsp3) is 1.00. The van der Waals surface area contributed by atoms with Gasteiger partial charge in [-0.2, -0.15) is 0 Å². The fourth-order valence-corrected chi connectivity index (χ4v) is 0.876. The van der Waals surface area contributed by atoms with E-state index in [1.165, 1.54) is 0 Å². The molecule has 0 rings (SSSR count). The van der Waals surface area contributed by atoms with Crippen molar-refractivity contribution in [3.05, 3.63) is 0 Å². The first-order valence-corrected chi connectivity index (χ1v) is 4.45. The molecule has 4 nitrogen and oxygen atoms in total. The Morgan fingerprint density at radius 3 is 2.60 bits per heavy atom. The van der Waals surface area contributed by atoms with E-state index >= 15 is 0 Å². The maximum Gasteiger partial charge on any atom is 0.236 e. The first kappa shape index (κ1) is 9.80. The highest BCUT2D eigenvalue weighted by Gasteiger charge is 2.07. The van der Waals surface area contributed by atoms with Crippen LogP contribution in [-0.2, 0) is 14.9 Å². The molecule has 0 spiro atoms. The van der Waals surface area contributed by atoms with E-state index < -0.39 is 22.5 Å². The lowest BCUT2D eigenvalue weighted by molar-refractivity contribution is 0.105. The summed E-state index contributed by atoms with van der Waals surface area (Å²) in [6.07, 6.45) is 0. The predicted molar refractivity (Wildman–Crippen MR) is 34.5 cm³/mol. The van der Waals surface area contributed by atoms with Crippen molar-refractivity contribution in [2.45, 2.75) is 6.92 Å². The van der Waals surface area contributed by atoms with Crippen LogP contribution >= 0.6 is 0 Å². The third-order valence-corrected chi connectivity index (χ3v) is 1.74. The molecule has 0 fully saturated rings. The zero-order valence-electron chi connectivity index (χ0n) is 5.63. The van der Waals surface area contributed by atoms with E-state index in [1.54, 1.807) is 11.8 Å². The minimum Gasteiger partial charge on any atom is -0.287 e. The van der Waals surface area contributed by atoms with Crippen LogP contribution in [0.25, 0.3) is 0 Å². The van der Waals surface area contributed by atoms with Crippen LogP contribution in [-0.4, -0.2) is 27.5 Å². The number of hydrogen-bond donors (Lipinski definition) is 1. The number of alkyl halides is 1. The number of hydrogen-bond acceptors (Lipinski definition) is 3. The minimum atomic E-state index is -3.54. The van der Waals surface area contributed by atoms with Crippen LogP contribution in [0.5, 0.6) is 0 Å². The first-order valence-electron chi connectivity index (χ1n) is 2.79. The van der Waals surface area contributed by atoms with E-state index in [1.807, 2.05) is 0 Å². The second-order valence-corrected chi connectivity index (χ2v) is 3.33. The van der Waals surface area contributed by atoms with Crippen LogP contribution in [0.4, 0.5) is 4.39 Å². The Balaban J connectivity index is 3.65. The summed E-state index contributed by atoms with van der Waals surface area (Å²) in [5, 5.41) is 0. The van der Waals surface area contributed by atoms with Gasteiger partial charge in [-0.25, -0.2) is 12.8 Å². The molecule has 0 heterocycles. The molecule has 1 N–H and O–H groups in total. The normalized spacial score (nSPS) is 11.8. The summed E-state index contributed by atoms with van der Waals surface area (Å²) >= 11 is 0. The van der Waals surface area contributed by atoms with Gasteiger partial charge in [-0.15, -0.1) is 0 Å². The van der Waals surface area contributed by atoms with E-state index in [0.29, 0.717) is 0 Å². The van der Waals surface area contributed by atoms with Crippen LogP contribution < -0.4 is 4.89 Å². The molecule has 0 atom stereocenters. The molecule has 62 valence electrons. The molecule has 6 heteroatoms. The third kappa shape index (κ3) is 4.66. The molecule has 0 aliphatic heterocycles. The Morgan fingerprint density at radius 2 is 2.20 bits per heavy atom. The van der Waals surface area contributed by atoms with Crippen molar-refractivity contribution < 1.29 is 17.6 Å². The molecule has 0 aliphatic rings. The van der Waals surface area contributed by atoms with Gasteiger partial charge in [-0.1, -0.05) is 4.89 Å². The second kappa shape index (κ2) is 4.59. The summed E-state index contributed by atoms with van der Waals surface area (Å²) in [7, 11) is -3.54. The van der Waals surface area contributed by atoms with Crippen LogP contribution in [0.15, 0.2) is 0 Å². The van der Waals surface area contributed by atoms with E-state index in [-0.39, 0.29) is 6.61 Å². The molecule has 0 saturated heterocycles. The highest BCUT2D eigenvalue weighted by atomic mass is 32.2. The van der Waals surface area contributed by atoms with E-state index in [4.69, 9.17) is 0 Å². The predicted octanol–water partition coefficient (Wildman–Crippen LogP) is -0.173. The molecule has 0 aromatic rings. The van der Waals surface area contributed by atoms with E-state index in [9.17, 15) is 12.8 Å². The summed E-state index contributed by atoms with van der Waals surface area (Å²) in [4.78, 5) is 6.09. The minimum absolute atomic E-state index is 0.228. The molecular formula is C4H10FNO3S. The fourth-order valence-electron chi connectivity index (χ4n) is 0.292. The Hall–Kier alpha value is -0.200. The summed E-state index contributed by atoms with van der Waals surface area (Å²) in [5.41, 5.74) is 0. The summed E-state index contributed by atoms with van der Waals surface area (Å²) in [6, 6.07) is 0. The molecule has 0 unspecified atom stereocenters. The topological polar surface area (TPSA) is 55.4 Å². The number of nitrogens with one attached hydrogen (secondary N) is 1. The molecule has 0 aliphatic carbocycles. The van der Waals surface area contributed by atoms with Crippen LogP contribution in [0.1, 0.15) is 6.92 Å². The third-order valence-electron chi connectivity index (χ3n) is 0.676. The summed E-state index contributed by atoms with van der Waals surface area (Å²) in [5.74, 6) is -0.549. The van der Waals surface area contributed by atoms with Gasteiger partial charge < -0.3 is 0 Å². The van der Waals surface area contributed by atoms with Crippen molar-refractivity contribution in [1.82, 2.24) is 4.89 Å². The average Bonchev–Trinajstić information content (AvgIpc) is 1.84. The molecule has 0 bridgehead atoms. The van der Waals surface area contributed by atoms with Gasteiger partial charge in [0, 0.05) is 0 Å². The Kier molecular flexibility index (Phi) is 4.50. The van der Waals surface area contributed by atoms with Gasteiger partial charge in [0.25, 0.3) is 0 Å². The quantitative estimate of drug-likeness (QED) is 0.584. The molecule has 0 amide bonds. The smallest absolute Gasteiger partial charge is 0.236 e. The van der Waals surface area contributed by atoms with Crippen molar-refractivity contribution in [2.24, 2.45) is 0 Å². The largest absolute Gasteiger partial charge is 0.287 e. The molecule has 10 heavy (non-hydrogen) atoms. The van der Waals surface area contributed by atoms with Crippen LogP contribution in [0.3, 0.4) is 0 Å². The van der Waals surface area contributed by atoms with E-state index in [0.717, 1.165) is 0 Å². The van der Waals surface area contributed by atoms with Gasteiger partial charge >= 0.3 is 0 Å². The van der Waals surface area contributed by atoms with Gasteiger partial charge in [0.15, 0.2) is 0 Å². The average molecular weight is 171 g/mol. The maximum atomic E-state index is 11.4. The number of rotatable bonds is 5. The zero-order chi connectivity index (χ0) is 8.04. The maximum absolute atomic E-state index is 11.4. The SMILES string of the molecule is CCONS(=O)(=O)CCF. The lowest BCUT2D eigenvalue weighted by Crippen LogP contribution is -2.27. The van der Waals surface area contributed by atoms with Crippen LogP contribution in [0, 0.1) is 0 Å². The zero-order valence-corrected chi connectivity index (χ0v) is 6.45. The molecular weight excluding hydrogens is 161 g/mol. The highest BCUT2D eigenvalue weighted by Crippen LogP contribution is 1.83. The van der Waals surface area contributed by atoms with Crippen molar-refractivity contribution >= 4 is 10.0 Å². The number of halogens is 1. The van der Waals surface area contributed by atoms with Gasteiger partial charge in [-0.3, -0.25) is 4.84 Å². The molecule has 0 saturated carbocycles. The summed E-state index contributed by atoms with van der Waals surface area (Å²) < 4.78 is 32.5. The summed E-state index contributed by atoms with van der Waals surface area (Å²) in [6.45, 7) is 0.950. The van der Waals surface area contributed by atoms with Gasteiger partial charge in [0.1, 0.15) is 6.67 Å². The Labute approximate surface area is 59.4 Å². The Bertz CT molecular complexity index is 167. The monoisotopic (exact) mass is 171 g/mol. The standard InChI is InChI=1S/C4H10FNO3S/c1-2-9-6-10(7,8)4-3-5/h6H,2-4H2,1H3. The second-order valence-electron chi connectivity index (χ2n) is 1.52. The first-order chi connectivity index (χ1) is 4.62. The Morgan fingerprint density at radius 1 is 1.60 bits per heavy atom. The molecule has 0 aromatic heterocycles. The van der Waals surface area contributed by atoms with Crippen molar-refractivity contribution in [1.29, 1.82) is 0 Å². The molecule has 0 radical (unpaired) electrons. The lowest BCUT2D eigenvalue weighted by Gasteiger charge is -2.01. The van der Waals surface area contributed by atoms with Gasteiger partial charge in [0.05, 0.1) is 12.4 Å². The lowest BCUT2D eigenvalue weighted by atomic mass is 10.9. The highest BCUT2D eigenvalue weighted by molar-refractivity contribution is 7.89. The van der Waals surface area contributed by atoms with Crippen molar-refractivity contribution in [3.8, 4) is 0 Å². The van der Waals surface area contributed by atoms with Gasteiger partial charge in [-0.05, 0) is 6.92 Å². The van der Waals surface area contributed by atoms with E-state index in [2.05, 4.69) is 4.84 Å². The van der Waals surface area contributed by atoms with Crippen molar-refractivity contribution in [2.75, 3.05) is 19.0 Å². The molecule has 0 aromatic carbocycles. The van der Waals surface area contributed by atoms with Crippen molar-refractivity contribution in [3.63, 3.8) is 0 Å².